The molecule has 0 aliphatic heterocycles. The number of carbonyl (C=O) groups excluding carboxylic acids is 2. The molecule has 0 radical (unpaired) electrons. The van der Waals surface area contributed by atoms with Crippen molar-refractivity contribution >= 4 is 11.8 Å². The van der Waals surface area contributed by atoms with E-state index < -0.39 is 29.9 Å². The summed E-state index contributed by atoms with van der Waals surface area (Å²) in [6, 6.07) is 18.8. The van der Waals surface area contributed by atoms with E-state index in [1.807, 2.05) is 61.5 Å². The molecule has 0 spiro atoms. The largest absolute Gasteiger partial charge is 0.503 e. The number of benzene rings is 2. The fourth-order valence-corrected chi connectivity index (χ4v) is 4.42. The number of aromatic nitrogens is 1. The second kappa shape index (κ2) is 14.2. The molecule has 0 unspecified atom stereocenters. The summed E-state index contributed by atoms with van der Waals surface area (Å²) in [4.78, 5) is 29.8. The maximum Gasteiger partial charge on any atom is 0.309 e. The lowest BCUT2D eigenvalue weighted by Gasteiger charge is -2.32. The van der Waals surface area contributed by atoms with E-state index in [2.05, 4.69) is 11.9 Å². The van der Waals surface area contributed by atoms with Gasteiger partial charge in [-0.05, 0) is 49.6 Å². The highest BCUT2D eigenvalue weighted by Crippen LogP contribution is 2.30. The standard InChI is InChI=1S/C31H37NO7/c1-6-23(19-22-12-14-24(36-4)15-13-22)30(39-25-10-8-7-9-11-25)21(3)38-31(35)20(2)18-26(33)28-29(34)27(37-5)16-17-32-28/h7-17,20-21,23,30,34H,6,18-19H2,1-5H3/t20-,21+,23-,30+/m1/s1. The Hall–Kier alpha value is -4.07. The second-order valence-electron chi connectivity index (χ2n) is 9.50. The molecule has 0 bridgehead atoms. The van der Waals surface area contributed by atoms with E-state index in [0.29, 0.717) is 12.2 Å². The van der Waals surface area contributed by atoms with Crippen LogP contribution in [0.25, 0.3) is 0 Å². The summed E-state index contributed by atoms with van der Waals surface area (Å²) in [5.41, 5.74) is 0.977. The minimum atomic E-state index is -0.758. The molecule has 8 heteroatoms. The van der Waals surface area contributed by atoms with Crippen molar-refractivity contribution in [2.75, 3.05) is 14.2 Å². The normalized spacial score (nSPS) is 14.0. The molecular weight excluding hydrogens is 498 g/mol. The maximum absolute atomic E-state index is 13.1. The van der Waals surface area contributed by atoms with Gasteiger partial charge in [0.05, 0.1) is 20.1 Å². The Morgan fingerprint density at radius 3 is 2.23 bits per heavy atom. The Labute approximate surface area is 229 Å². The molecule has 3 rings (SSSR count). The van der Waals surface area contributed by atoms with Gasteiger partial charge in [-0.1, -0.05) is 44.2 Å². The number of aromatic hydroxyl groups is 1. The summed E-state index contributed by atoms with van der Waals surface area (Å²) in [5, 5.41) is 10.3. The molecule has 4 atom stereocenters. The molecule has 3 aromatic rings. The summed E-state index contributed by atoms with van der Waals surface area (Å²) in [7, 11) is 3.02. The minimum Gasteiger partial charge on any atom is -0.503 e. The first kappa shape index (κ1) is 29.5. The van der Waals surface area contributed by atoms with Crippen LogP contribution in [-0.4, -0.2) is 48.3 Å². The van der Waals surface area contributed by atoms with E-state index in [-0.39, 0.29) is 29.5 Å². The summed E-state index contributed by atoms with van der Waals surface area (Å²) in [5.74, 6) is -0.470. The van der Waals surface area contributed by atoms with Crippen molar-refractivity contribution in [2.45, 2.75) is 52.2 Å². The number of hydrogen-bond acceptors (Lipinski definition) is 8. The third-order valence-electron chi connectivity index (χ3n) is 6.69. The molecule has 0 amide bonds. The van der Waals surface area contributed by atoms with Crippen LogP contribution in [0.1, 0.15) is 49.7 Å². The van der Waals surface area contributed by atoms with Gasteiger partial charge in [0.25, 0.3) is 0 Å². The van der Waals surface area contributed by atoms with E-state index in [1.54, 1.807) is 14.0 Å². The number of hydrogen-bond donors (Lipinski definition) is 1. The van der Waals surface area contributed by atoms with Crippen LogP contribution in [0.15, 0.2) is 66.9 Å². The average molecular weight is 536 g/mol. The zero-order valence-electron chi connectivity index (χ0n) is 23.1. The highest BCUT2D eigenvalue weighted by atomic mass is 16.6. The average Bonchev–Trinajstić information content (AvgIpc) is 2.95. The lowest BCUT2D eigenvalue weighted by molar-refractivity contribution is -0.158. The van der Waals surface area contributed by atoms with Gasteiger partial charge in [0.2, 0.25) is 0 Å². The summed E-state index contributed by atoms with van der Waals surface area (Å²) in [6.07, 6.45) is 1.68. The highest BCUT2D eigenvalue weighted by molar-refractivity contribution is 5.99. The molecule has 0 aliphatic rings. The van der Waals surface area contributed by atoms with Crippen LogP contribution in [0.4, 0.5) is 0 Å². The molecule has 0 fully saturated rings. The zero-order chi connectivity index (χ0) is 28.4. The lowest BCUT2D eigenvalue weighted by Crippen LogP contribution is -2.41. The SMILES string of the molecule is CC[C@H](Cc1ccc(OC)cc1)[C@@H](Oc1ccccc1)[C@H](C)OC(=O)[C@H](C)CC(=O)c1nccc(OC)c1O. The Bertz CT molecular complexity index is 1210. The van der Waals surface area contributed by atoms with E-state index in [0.717, 1.165) is 17.7 Å². The van der Waals surface area contributed by atoms with Crippen molar-refractivity contribution in [1.82, 2.24) is 4.98 Å². The van der Waals surface area contributed by atoms with E-state index in [4.69, 9.17) is 18.9 Å². The van der Waals surface area contributed by atoms with E-state index in [1.165, 1.54) is 19.4 Å². The summed E-state index contributed by atoms with van der Waals surface area (Å²) >= 11 is 0. The number of pyridine rings is 1. The number of esters is 1. The predicted molar refractivity (Wildman–Crippen MR) is 147 cm³/mol. The number of para-hydroxylation sites is 1. The Morgan fingerprint density at radius 2 is 1.62 bits per heavy atom. The van der Waals surface area contributed by atoms with Crippen LogP contribution < -0.4 is 14.2 Å². The minimum absolute atomic E-state index is 0.0382. The maximum atomic E-state index is 13.1. The first-order valence-corrected chi connectivity index (χ1v) is 13.1. The number of carbonyl (C=O) groups is 2. The molecule has 0 saturated carbocycles. The van der Waals surface area contributed by atoms with Crippen LogP contribution in [0.2, 0.25) is 0 Å². The number of rotatable bonds is 14. The van der Waals surface area contributed by atoms with Gasteiger partial charge in [0.1, 0.15) is 23.7 Å². The van der Waals surface area contributed by atoms with Crippen molar-refractivity contribution in [3.05, 3.63) is 78.1 Å². The van der Waals surface area contributed by atoms with Gasteiger partial charge in [0.15, 0.2) is 23.0 Å². The molecule has 1 heterocycles. The van der Waals surface area contributed by atoms with Crippen molar-refractivity contribution < 1.29 is 33.6 Å². The topological polar surface area (TPSA) is 104 Å². The van der Waals surface area contributed by atoms with Crippen molar-refractivity contribution in [2.24, 2.45) is 11.8 Å². The fourth-order valence-electron chi connectivity index (χ4n) is 4.42. The number of methoxy groups -OCH3 is 2. The molecule has 0 saturated heterocycles. The summed E-state index contributed by atoms with van der Waals surface area (Å²) < 4.78 is 22.6. The first-order valence-electron chi connectivity index (χ1n) is 13.1. The van der Waals surface area contributed by atoms with Gasteiger partial charge in [0, 0.05) is 24.6 Å². The Kier molecular flexibility index (Phi) is 10.7. The molecule has 1 aromatic heterocycles. The highest BCUT2D eigenvalue weighted by Gasteiger charge is 2.33. The molecular formula is C31H37NO7. The monoisotopic (exact) mass is 535 g/mol. The van der Waals surface area contributed by atoms with E-state index in [9.17, 15) is 14.7 Å². The van der Waals surface area contributed by atoms with Crippen LogP contribution in [0.3, 0.4) is 0 Å². The fraction of sp³-hybridized carbons (Fsp3) is 0.387. The van der Waals surface area contributed by atoms with Crippen molar-refractivity contribution in [3.63, 3.8) is 0 Å². The predicted octanol–water partition coefficient (Wildman–Crippen LogP) is 5.66. The lowest BCUT2D eigenvalue weighted by atomic mass is 9.88. The molecule has 2 aromatic carbocycles. The quantitative estimate of drug-likeness (QED) is 0.208. The smallest absolute Gasteiger partial charge is 0.309 e. The van der Waals surface area contributed by atoms with Gasteiger partial charge < -0.3 is 24.1 Å². The van der Waals surface area contributed by atoms with Crippen LogP contribution in [0.5, 0.6) is 23.0 Å². The van der Waals surface area contributed by atoms with E-state index >= 15 is 0 Å². The van der Waals surface area contributed by atoms with Gasteiger partial charge >= 0.3 is 5.97 Å². The van der Waals surface area contributed by atoms with Gasteiger partial charge in [-0.2, -0.15) is 0 Å². The van der Waals surface area contributed by atoms with Crippen molar-refractivity contribution in [3.8, 4) is 23.0 Å². The van der Waals surface area contributed by atoms with Gasteiger partial charge in [-0.25, -0.2) is 4.98 Å². The molecule has 39 heavy (non-hydrogen) atoms. The van der Waals surface area contributed by atoms with Crippen LogP contribution in [0, 0.1) is 11.8 Å². The van der Waals surface area contributed by atoms with Crippen LogP contribution >= 0.6 is 0 Å². The molecule has 8 nitrogen and oxygen atoms in total. The molecule has 0 aliphatic carbocycles. The van der Waals surface area contributed by atoms with Gasteiger partial charge in [-0.15, -0.1) is 0 Å². The second-order valence-corrected chi connectivity index (χ2v) is 9.50. The summed E-state index contributed by atoms with van der Waals surface area (Å²) in [6.45, 7) is 5.51. The van der Waals surface area contributed by atoms with Crippen LogP contribution in [-0.2, 0) is 16.0 Å². The van der Waals surface area contributed by atoms with Gasteiger partial charge in [-0.3, -0.25) is 9.59 Å². The Morgan fingerprint density at radius 1 is 0.923 bits per heavy atom. The third-order valence-corrected chi connectivity index (χ3v) is 6.69. The molecule has 208 valence electrons. The Balaban J connectivity index is 1.73. The zero-order valence-corrected chi connectivity index (χ0v) is 23.1. The number of ketones is 1. The third kappa shape index (κ3) is 7.96. The molecule has 1 N–H and O–H groups in total. The number of ether oxygens (including phenoxy) is 4. The van der Waals surface area contributed by atoms with Crippen molar-refractivity contribution in [1.29, 1.82) is 0 Å². The number of Topliss-reactive ketones (excluding diaryl/α,β-unsaturated/α-hetero) is 1. The number of nitrogens with zero attached hydrogens (tertiary/aromatic N) is 1. The first-order chi connectivity index (χ1) is 18.8.